The molecule has 1 fully saturated rings. The van der Waals surface area contributed by atoms with Crippen molar-refractivity contribution >= 4 is 41.0 Å². The first-order valence-corrected chi connectivity index (χ1v) is 12.4. The van der Waals surface area contributed by atoms with E-state index in [2.05, 4.69) is 25.6 Å². The fourth-order valence-corrected chi connectivity index (χ4v) is 4.30. The Kier molecular flexibility index (Phi) is 8.81. The fourth-order valence-electron chi connectivity index (χ4n) is 4.17. The number of amides is 2. The Morgan fingerprint density at radius 1 is 1.13 bits per heavy atom. The third kappa shape index (κ3) is 6.79. The number of halogens is 1. The number of methoxy groups -OCH3 is 1. The molecule has 0 aliphatic carbocycles. The standard InChI is InChI=1S/C24H31ClN8O5/c1-36-10-11-37-14-38-16-4-2-15(3-5-16)12-17(34)33-8-6-24(7-9-33)13-28-23(32-24)31-22(35)18-20(26)30-21(27)19(25)29-18/h2-5H,6-14H2,1H3,(H4,26,27,30)(H2,28,31,32,35). The van der Waals surface area contributed by atoms with Gasteiger partial charge in [0.2, 0.25) is 5.91 Å². The van der Waals surface area contributed by atoms with Crippen LogP contribution in [-0.4, -0.2) is 84.9 Å². The molecule has 1 saturated heterocycles. The molecule has 1 spiro atoms. The molecule has 2 amide bonds. The lowest BCUT2D eigenvalue weighted by molar-refractivity contribution is -0.132. The number of carbonyl (C=O) groups is 2. The fraction of sp³-hybridized carbons (Fsp3) is 0.458. The lowest BCUT2D eigenvalue weighted by Crippen LogP contribution is -2.57. The van der Waals surface area contributed by atoms with E-state index in [-0.39, 0.29) is 40.7 Å². The molecule has 14 heteroatoms. The van der Waals surface area contributed by atoms with Gasteiger partial charge in [-0.1, -0.05) is 23.7 Å². The van der Waals surface area contributed by atoms with Crippen molar-refractivity contribution in [3.05, 3.63) is 40.7 Å². The first-order valence-electron chi connectivity index (χ1n) is 12.1. The summed E-state index contributed by atoms with van der Waals surface area (Å²) in [5.74, 6) is 0.265. The molecule has 0 unspecified atom stereocenters. The second-order valence-corrected chi connectivity index (χ2v) is 9.38. The van der Waals surface area contributed by atoms with Crippen molar-refractivity contribution in [2.24, 2.45) is 4.99 Å². The van der Waals surface area contributed by atoms with Crippen LogP contribution in [0.1, 0.15) is 28.9 Å². The summed E-state index contributed by atoms with van der Waals surface area (Å²) in [5, 5.41) is 5.85. The van der Waals surface area contributed by atoms with E-state index in [4.69, 9.17) is 37.3 Å². The quantitative estimate of drug-likeness (QED) is 0.257. The van der Waals surface area contributed by atoms with E-state index in [0.717, 1.165) is 5.56 Å². The predicted molar refractivity (Wildman–Crippen MR) is 141 cm³/mol. The summed E-state index contributed by atoms with van der Waals surface area (Å²) in [7, 11) is 1.61. The van der Waals surface area contributed by atoms with Gasteiger partial charge >= 0.3 is 0 Å². The molecular weight excluding hydrogens is 516 g/mol. The maximum absolute atomic E-state index is 12.9. The highest BCUT2D eigenvalue weighted by Gasteiger charge is 2.40. The number of aliphatic imine (C=N–C) groups is 1. The number of anilines is 2. The van der Waals surface area contributed by atoms with Gasteiger partial charge in [-0.2, -0.15) is 0 Å². The highest BCUT2D eigenvalue weighted by Crippen LogP contribution is 2.26. The van der Waals surface area contributed by atoms with E-state index >= 15 is 0 Å². The van der Waals surface area contributed by atoms with Crippen LogP contribution in [0.25, 0.3) is 0 Å². The van der Waals surface area contributed by atoms with Crippen molar-refractivity contribution < 1.29 is 23.8 Å². The van der Waals surface area contributed by atoms with Gasteiger partial charge in [0.15, 0.2) is 35.2 Å². The molecular formula is C24H31ClN8O5. The number of hydrogen-bond acceptors (Lipinski definition) is 11. The van der Waals surface area contributed by atoms with Gasteiger partial charge in [-0.25, -0.2) is 9.97 Å². The lowest BCUT2D eigenvalue weighted by atomic mass is 9.88. The van der Waals surface area contributed by atoms with Crippen LogP contribution in [0.15, 0.2) is 29.3 Å². The van der Waals surface area contributed by atoms with Gasteiger partial charge in [0.25, 0.3) is 5.91 Å². The van der Waals surface area contributed by atoms with Gasteiger partial charge < -0.3 is 35.9 Å². The zero-order chi connectivity index (χ0) is 27.1. The number of hydrogen-bond donors (Lipinski definition) is 4. The van der Waals surface area contributed by atoms with Crippen LogP contribution in [0.4, 0.5) is 11.6 Å². The van der Waals surface area contributed by atoms with Gasteiger partial charge in [0.1, 0.15) is 5.75 Å². The number of guanidine groups is 1. The Hall–Kier alpha value is -3.68. The van der Waals surface area contributed by atoms with Crippen molar-refractivity contribution in [1.29, 1.82) is 0 Å². The number of nitrogens with one attached hydrogen (secondary N) is 2. The Balaban J connectivity index is 1.22. The van der Waals surface area contributed by atoms with Gasteiger partial charge in [0.05, 0.1) is 31.7 Å². The third-order valence-electron chi connectivity index (χ3n) is 6.37. The molecule has 6 N–H and O–H groups in total. The normalized spacial score (nSPS) is 16.2. The minimum absolute atomic E-state index is 0.0529. The number of rotatable bonds is 9. The average Bonchev–Trinajstić information content (AvgIpc) is 3.28. The summed E-state index contributed by atoms with van der Waals surface area (Å²) >= 11 is 5.87. The van der Waals surface area contributed by atoms with Crippen LogP contribution in [0.2, 0.25) is 5.15 Å². The first kappa shape index (κ1) is 27.4. The zero-order valence-electron chi connectivity index (χ0n) is 21.0. The number of ether oxygens (including phenoxy) is 3. The summed E-state index contributed by atoms with van der Waals surface area (Å²) in [6, 6.07) is 7.39. The highest BCUT2D eigenvalue weighted by atomic mass is 35.5. The summed E-state index contributed by atoms with van der Waals surface area (Å²) in [6.07, 6.45) is 1.68. The Morgan fingerprint density at radius 2 is 1.87 bits per heavy atom. The molecule has 2 aliphatic heterocycles. The van der Waals surface area contributed by atoms with Crippen molar-refractivity contribution in [2.75, 3.05) is 58.2 Å². The van der Waals surface area contributed by atoms with Crippen molar-refractivity contribution in [2.45, 2.75) is 24.8 Å². The second-order valence-electron chi connectivity index (χ2n) is 9.02. The Bertz CT molecular complexity index is 1190. The monoisotopic (exact) mass is 546 g/mol. The van der Waals surface area contributed by atoms with Gasteiger partial charge in [-0.05, 0) is 30.5 Å². The van der Waals surface area contributed by atoms with E-state index in [9.17, 15) is 9.59 Å². The molecule has 38 heavy (non-hydrogen) atoms. The number of likely N-dealkylation sites (tertiary alicyclic amines) is 1. The van der Waals surface area contributed by atoms with Crippen molar-refractivity contribution in [3.63, 3.8) is 0 Å². The topological polar surface area (TPSA) is 179 Å². The van der Waals surface area contributed by atoms with E-state index in [1.807, 2.05) is 29.2 Å². The van der Waals surface area contributed by atoms with Crippen LogP contribution in [0, 0.1) is 0 Å². The molecule has 2 aromatic rings. The SMILES string of the molecule is COCCOCOc1ccc(CC(=O)N2CCC3(CC2)CN=C(NC(=O)c2nc(Cl)c(N)nc2N)N3)cc1. The van der Waals surface area contributed by atoms with Crippen molar-refractivity contribution in [1.82, 2.24) is 25.5 Å². The molecule has 0 atom stereocenters. The summed E-state index contributed by atoms with van der Waals surface area (Å²) in [4.78, 5) is 39.5. The molecule has 1 aromatic carbocycles. The maximum atomic E-state index is 12.9. The van der Waals surface area contributed by atoms with E-state index in [0.29, 0.717) is 63.8 Å². The number of nitrogens with zero attached hydrogens (tertiary/aromatic N) is 4. The van der Waals surface area contributed by atoms with Crippen LogP contribution in [0.3, 0.4) is 0 Å². The van der Waals surface area contributed by atoms with E-state index in [1.54, 1.807) is 7.11 Å². The smallest absolute Gasteiger partial charge is 0.280 e. The summed E-state index contributed by atoms with van der Waals surface area (Å²) in [6.45, 7) is 2.74. The van der Waals surface area contributed by atoms with Crippen molar-refractivity contribution in [3.8, 4) is 5.75 Å². The van der Waals surface area contributed by atoms with Crippen LogP contribution < -0.4 is 26.8 Å². The van der Waals surface area contributed by atoms with Gasteiger partial charge in [-0.3, -0.25) is 19.9 Å². The number of piperidine rings is 1. The molecule has 204 valence electrons. The molecule has 3 heterocycles. The number of nitrogens with two attached hydrogens (primary N) is 2. The largest absolute Gasteiger partial charge is 0.468 e. The molecule has 2 aliphatic rings. The molecule has 1 aromatic heterocycles. The summed E-state index contributed by atoms with van der Waals surface area (Å²) < 4.78 is 15.7. The Labute approximate surface area is 224 Å². The lowest BCUT2D eigenvalue weighted by Gasteiger charge is -2.39. The van der Waals surface area contributed by atoms with Crippen LogP contribution in [0.5, 0.6) is 5.75 Å². The zero-order valence-corrected chi connectivity index (χ0v) is 21.8. The van der Waals surface area contributed by atoms with Crippen LogP contribution in [-0.2, 0) is 20.7 Å². The van der Waals surface area contributed by atoms with Gasteiger partial charge in [-0.15, -0.1) is 0 Å². The number of nitrogen functional groups attached to an aromatic ring is 2. The minimum atomic E-state index is -0.595. The third-order valence-corrected chi connectivity index (χ3v) is 6.65. The number of carbonyl (C=O) groups excluding carboxylic acids is 2. The average molecular weight is 547 g/mol. The highest BCUT2D eigenvalue weighted by molar-refractivity contribution is 6.31. The molecule has 0 radical (unpaired) electrons. The summed E-state index contributed by atoms with van der Waals surface area (Å²) in [5.41, 5.74) is 11.8. The molecule has 0 bridgehead atoms. The number of aromatic nitrogens is 2. The van der Waals surface area contributed by atoms with E-state index in [1.165, 1.54) is 0 Å². The first-order chi connectivity index (χ1) is 18.3. The second kappa shape index (κ2) is 12.2. The molecule has 13 nitrogen and oxygen atoms in total. The van der Waals surface area contributed by atoms with Crippen LogP contribution >= 0.6 is 11.6 Å². The maximum Gasteiger partial charge on any atom is 0.280 e. The van der Waals surface area contributed by atoms with E-state index < -0.39 is 5.91 Å². The van der Waals surface area contributed by atoms with Gasteiger partial charge in [0, 0.05) is 20.2 Å². The minimum Gasteiger partial charge on any atom is -0.468 e. The predicted octanol–water partition coefficient (Wildman–Crippen LogP) is 0.587. The molecule has 0 saturated carbocycles. The molecule has 4 rings (SSSR count). The number of benzene rings is 1. The Morgan fingerprint density at radius 3 is 2.58 bits per heavy atom.